The van der Waals surface area contributed by atoms with Crippen molar-refractivity contribution >= 4 is 34.4 Å². The summed E-state index contributed by atoms with van der Waals surface area (Å²) in [5, 5.41) is 15.5. The van der Waals surface area contributed by atoms with Gasteiger partial charge in [-0.2, -0.15) is 0 Å². The van der Waals surface area contributed by atoms with Crippen molar-refractivity contribution in [3.05, 3.63) is 34.4 Å². The lowest BCUT2D eigenvalue weighted by molar-refractivity contribution is 0.104. The van der Waals surface area contributed by atoms with E-state index in [0.717, 1.165) is 0 Å². The molecule has 1 atom stereocenters. The first-order chi connectivity index (χ1) is 11.0. The summed E-state index contributed by atoms with van der Waals surface area (Å²) in [5.74, 6) is 0.625. The minimum Gasteiger partial charge on any atom is -0.491 e. The molecule has 1 aromatic carbocycles. The summed E-state index contributed by atoms with van der Waals surface area (Å²) in [4.78, 5) is 11.5. The van der Waals surface area contributed by atoms with Gasteiger partial charge in [-0.25, -0.2) is 4.79 Å². The summed E-state index contributed by atoms with van der Waals surface area (Å²) in [6, 6.07) is 7.20. The highest BCUT2D eigenvalue weighted by Crippen LogP contribution is 2.16. The molecule has 3 N–H and O–H groups in total. The zero-order valence-corrected chi connectivity index (χ0v) is 15.4. The number of benzene rings is 1. The topological polar surface area (TPSA) is 79.8 Å². The zero-order valence-electron chi connectivity index (χ0n) is 13.3. The quantitative estimate of drug-likeness (QED) is 0.521. The first kappa shape index (κ1) is 19.7. The van der Waals surface area contributed by atoms with Crippen LogP contribution in [-0.4, -0.2) is 43.1 Å². The number of ether oxygens (including phenoxy) is 2. The Labute approximate surface area is 150 Å². The van der Waals surface area contributed by atoms with E-state index in [4.69, 9.17) is 9.47 Å². The molecule has 0 heterocycles. The van der Waals surface area contributed by atoms with Crippen LogP contribution in [0.15, 0.2) is 34.4 Å². The van der Waals surface area contributed by atoms with Crippen LogP contribution in [0.4, 0.5) is 10.5 Å². The van der Waals surface area contributed by atoms with Gasteiger partial charge in [0.1, 0.15) is 25.1 Å². The fraction of sp³-hybridized carbons (Fsp3) is 0.438. The molecular weight excluding hydrogens is 411 g/mol. The van der Waals surface area contributed by atoms with Gasteiger partial charge in [0, 0.05) is 18.3 Å². The molecule has 1 amide bonds. The molecule has 0 saturated heterocycles. The van der Waals surface area contributed by atoms with E-state index in [9.17, 15) is 9.90 Å². The predicted octanol–water partition coefficient (Wildman–Crippen LogP) is 2.92. The van der Waals surface area contributed by atoms with E-state index in [1.54, 1.807) is 34.4 Å². The van der Waals surface area contributed by atoms with Crippen molar-refractivity contribution in [2.45, 2.75) is 26.0 Å². The van der Waals surface area contributed by atoms with Crippen LogP contribution >= 0.6 is 22.6 Å². The Bertz CT molecular complexity index is 491. The van der Waals surface area contributed by atoms with Gasteiger partial charge in [-0.15, -0.1) is 0 Å². The summed E-state index contributed by atoms with van der Waals surface area (Å²) in [6.45, 7) is 4.95. The fourth-order valence-electron chi connectivity index (χ4n) is 1.57. The van der Waals surface area contributed by atoms with Crippen molar-refractivity contribution < 1.29 is 19.4 Å². The largest absolute Gasteiger partial charge is 0.491 e. The lowest BCUT2D eigenvalue weighted by Gasteiger charge is -2.15. The number of aliphatic hydroxyl groups excluding tert-OH is 1. The van der Waals surface area contributed by atoms with Gasteiger partial charge < -0.3 is 19.9 Å². The molecule has 7 heteroatoms. The maximum Gasteiger partial charge on any atom is 0.411 e. The van der Waals surface area contributed by atoms with Crippen molar-refractivity contribution in [3.8, 4) is 5.75 Å². The summed E-state index contributed by atoms with van der Waals surface area (Å²) in [6.07, 6.45) is 0.649. The van der Waals surface area contributed by atoms with Crippen LogP contribution < -0.4 is 15.4 Å². The summed E-state index contributed by atoms with van der Waals surface area (Å²) < 4.78 is 12.2. The van der Waals surface area contributed by atoms with Gasteiger partial charge in [-0.3, -0.25) is 5.32 Å². The van der Waals surface area contributed by atoms with E-state index >= 15 is 0 Å². The second-order valence-corrected chi connectivity index (χ2v) is 5.86. The molecule has 0 spiro atoms. The molecule has 0 bridgehead atoms. The van der Waals surface area contributed by atoms with Gasteiger partial charge in [-0.1, -0.05) is 36.4 Å². The second kappa shape index (κ2) is 11.3. The molecule has 128 valence electrons. The predicted molar refractivity (Wildman–Crippen MR) is 99.2 cm³/mol. The molecule has 0 aromatic heterocycles. The molecule has 0 aliphatic rings. The van der Waals surface area contributed by atoms with Gasteiger partial charge in [-0.05, 0) is 34.4 Å². The third kappa shape index (κ3) is 9.42. The lowest BCUT2D eigenvalue weighted by Crippen LogP contribution is -2.35. The zero-order chi connectivity index (χ0) is 17.1. The first-order valence-electron chi connectivity index (χ1n) is 7.34. The maximum absolute atomic E-state index is 11.5. The number of carbonyl (C=O) groups excluding carboxylic acids is 1. The standard InChI is InChI=1S/C16H23IN2O4/c1-12(2)18-10-14(20)11-23-15-6-4-13(5-7-15)19-16(21)22-9-3-8-17/h3-8,12,14,18,20H,9-11H2,1-2H3,(H,19,21)/b8-3+. The lowest BCUT2D eigenvalue weighted by atomic mass is 10.3. The number of halogens is 1. The number of carbonyl (C=O) groups is 1. The van der Waals surface area contributed by atoms with Crippen molar-refractivity contribution in [2.24, 2.45) is 0 Å². The smallest absolute Gasteiger partial charge is 0.411 e. The van der Waals surface area contributed by atoms with Crippen molar-refractivity contribution in [1.29, 1.82) is 0 Å². The van der Waals surface area contributed by atoms with Gasteiger partial charge in [0.25, 0.3) is 0 Å². The molecule has 0 aliphatic heterocycles. The number of hydrogen-bond acceptors (Lipinski definition) is 5. The van der Waals surface area contributed by atoms with Crippen LogP contribution in [-0.2, 0) is 4.74 Å². The highest BCUT2D eigenvalue weighted by molar-refractivity contribution is 14.1. The van der Waals surface area contributed by atoms with Gasteiger partial charge >= 0.3 is 6.09 Å². The number of nitrogens with one attached hydrogen (secondary N) is 2. The van der Waals surface area contributed by atoms with Crippen LogP contribution in [0, 0.1) is 0 Å². The van der Waals surface area contributed by atoms with E-state index in [0.29, 0.717) is 24.0 Å². The van der Waals surface area contributed by atoms with E-state index in [1.165, 1.54) is 0 Å². The minimum absolute atomic E-state index is 0.206. The van der Waals surface area contributed by atoms with Crippen molar-refractivity contribution in [2.75, 3.05) is 25.1 Å². The van der Waals surface area contributed by atoms with Crippen LogP contribution in [0.5, 0.6) is 5.75 Å². The third-order valence-corrected chi connectivity index (χ3v) is 3.21. The summed E-state index contributed by atoms with van der Waals surface area (Å²) in [7, 11) is 0. The van der Waals surface area contributed by atoms with E-state index in [1.807, 2.05) is 13.8 Å². The molecule has 6 nitrogen and oxygen atoms in total. The number of amides is 1. The third-order valence-electron chi connectivity index (χ3n) is 2.70. The second-order valence-electron chi connectivity index (χ2n) is 5.14. The average molecular weight is 434 g/mol. The number of rotatable bonds is 9. The van der Waals surface area contributed by atoms with E-state index in [-0.39, 0.29) is 13.2 Å². The Morgan fingerprint density at radius 1 is 1.35 bits per heavy atom. The van der Waals surface area contributed by atoms with Crippen molar-refractivity contribution in [1.82, 2.24) is 5.32 Å². The monoisotopic (exact) mass is 434 g/mol. The Kier molecular flexibility index (Phi) is 9.65. The van der Waals surface area contributed by atoms with Crippen molar-refractivity contribution in [3.63, 3.8) is 0 Å². The van der Waals surface area contributed by atoms with Gasteiger partial charge in [0.15, 0.2) is 0 Å². The minimum atomic E-state index is -0.573. The number of anilines is 1. The van der Waals surface area contributed by atoms with Crippen LogP contribution in [0.2, 0.25) is 0 Å². The maximum atomic E-state index is 11.5. The van der Waals surface area contributed by atoms with E-state index in [2.05, 4.69) is 33.2 Å². The fourth-order valence-corrected chi connectivity index (χ4v) is 1.78. The van der Waals surface area contributed by atoms with Crippen LogP contribution in [0.3, 0.4) is 0 Å². The Morgan fingerprint density at radius 2 is 2.04 bits per heavy atom. The Hall–Kier alpha value is -1.32. The highest BCUT2D eigenvalue weighted by Gasteiger charge is 2.06. The summed E-state index contributed by atoms with van der Waals surface area (Å²) >= 11 is 2.05. The summed E-state index contributed by atoms with van der Waals surface area (Å²) in [5.41, 5.74) is 0.614. The van der Waals surface area contributed by atoms with Crippen LogP contribution in [0.25, 0.3) is 0 Å². The molecule has 1 unspecified atom stereocenters. The molecular formula is C16H23IN2O4. The van der Waals surface area contributed by atoms with E-state index < -0.39 is 12.2 Å². The first-order valence-corrected chi connectivity index (χ1v) is 8.59. The van der Waals surface area contributed by atoms with Gasteiger partial charge in [0.05, 0.1) is 0 Å². The molecule has 1 aromatic rings. The average Bonchev–Trinajstić information content (AvgIpc) is 2.52. The normalized spacial score (nSPS) is 12.4. The highest BCUT2D eigenvalue weighted by atomic mass is 127. The Morgan fingerprint density at radius 3 is 2.65 bits per heavy atom. The van der Waals surface area contributed by atoms with Crippen LogP contribution in [0.1, 0.15) is 13.8 Å². The molecule has 0 aliphatic carbocycles. The number of aliphatic hydroxyl groups is 1. The molecule has 23 heavy (non-hydrogen) atoms. The Balaban J connectivity index is 2.34. The molecule has 0 saturated carbocycles. The number of hydrogen-bond donors (Lipinski definition) is 3. The molecule has 0 fully saturated rings. The molecule has 0 radical (unpaired) electrons. The molecule has 1 rings (SSSR count). The SMILES string of the molecule is CC(C)NCC(O)COc1ccc(NC(=O)OC/C=C/I)cc1. The van der Waals surface area contributed by atoms with Gasteiger partial charge in [0.2, 0.25) is 0 Å².